The van der Waals surface area contributed by atoms with Crippen LogP contribution in [-0.2, 0) is 0 Å². The second-order valence-electron chi connectivity index (χ2n) is 2.78. The highest BCUT2D eigenvalue weighted by Crippen LogP contribution is 2.18. The molecule has 0 saturated carbocycles. The Morgan fingerprint density at radius 2 is 1.14 bits per heavy atom. The van der Waals surface area contributed by atoms with Crippen molar-refractivity contribution >= 4 is 0 Å². The summed E-state index contributed by atoms with van der Waals surface area (Å²) in [5, 5.41) is 0. The lowest BCUT2D eigenvalue weighted by atomic mass is 10.1. The van der Waals surface area contributed by atoms with Gasteiger partial charge in [-0.3, -0.25) is 9.97 Å². The van der Waals surface area contributed by atoms with Gasteiger partial charge in [-0.1, -0.05) is 0 Å². The summed E-state index contributed by atoms with van der Waals surface area (Å²) < 4.78 is 25.6. The van der Waals surface area contributed by atoms with Crippen molar-refractivity contribution in [2.24, 2.45) is 0 Å². The van der Waals surface area contributed by atoms with Crippen molar-refractivity contribution in [3.63, 3.8) is 0 Å². The van der Waals surface area contributed by atoms with Crippen molar-refractivity contribution in [2.45, 2.75) is 0 Å². The van der Waals surface area contributed by atoms with E-state index in [1.807, 2.05) is 0 Å². The standard InChI is InChI=1S/C10H6F2N2/c11-9-1-7(3-13-5-9)8-2-10(12)6-14-4-8/h1-6H. The smallest absolute Gasteiger partial charge is 0.142 e. The number of rotatable bonds is 1. The highest BCUT2D eigenvalue weighted by molar-refractivity contribution is 5.60. The van der Waals surface area contributed by atoms with Crippen molar-refractivity contribution in [3.8, 4) is 11.1 Å². The third kappa shape index (κ3) is 1.74. The average Bonchev–Trinajstić information content (AvgIpc) is 2.18. The van der Waals surface area contributed by atoms with Gasteiger partial charge in [0.05, 0.1) is 12.4 Å². The van der Waals surface area contributed by atoms with Crippen molar-refractivity contribution < 1.29 is 8.78 Å². The summed E-state index contributed by atoms with van der Waals surface area (Å²) in [5.41, 5.74) is 1.02. The third-order valence-corrected chi connectivity index (χ3v) is 1.74. The van der Waals surface area contributed by atoms with Crippen LogP contribution in [0.1, 0.15) is 0 Å². The second kappa shape index (κ2) is 3.49. The van der Waals surface area contributed by atoms with Gasteiger partial charge in [-0.15, -0.1) is 0 Å². The quantitative estimate of drug-likeness (QED) is 0.693. The van der Waals surface area contributed by atoms with Crippen LogP contribution < -0.4 is 0 Å². The minimum atomic E-state index is -0.452. The van der Waals surface area contributed by atoms with E-state index >= 15 is 0 Å². The number of hydrogen-bond donors (Lipinski definition) is 0. The molecule has 0 fully saturated rings. The van der Waals surface area contributed by atoms with E-state index in [0.717, 1.165) is 12.4 Å². The molecule has 2 heterocycles. The molecule has 2 aromatic heterocycles. The maximum absolute atomic E-state index is 12.8. The van der Waals surface area contributed by atoms with Gasteiger partial charge in [-0.2, -0.15) is 0 Å². The molecule has 0 aromatic carbocycles. The first kappa shape index (κ1) is 8.74. The van der Waals surface area contributed by atoms with E-state index in [1.165, 1.54) is 24.5 Å². The van der Waals surface area contributed by atoms with Crippen LogP contribution in [0.5, 0.6) is 0 Å². The fourth-order valence-corrected chi connectivity index (χ4v) is 1.14. The molecule has 0 saturated heterocycles. The molecule has 0 aliphatic heterocycles. The molecule has 0 bridgehead atoms. The summed E-state index contributed by atoms with van der Waals surface area (Å²) in [6.45, 7) is 0. The number of pyridine rings is 2. The van der Waals surface area contributed by atoms with Gasteiger partial charge in [-0.25, -0.2) is 8.78 Å². The Kier molecular flexibility index (Phi) is 2.18. The van der Waals surface area contributed by atoms with E-state index < -0.39 is 11.6 Å². The molecule has 14 heavy (non-hydrogen) atoms. The van der Waals surface area contributed by atoms with Crippen molar-refractivity contribution in [2.75, 3.05) is 0 Å². The molecular weight excluding hydrogens is 186 g/mol. The predicted octanol–water partition coefficient (Wildman–Crippen LogP) is 2.42. The summed E-state index contributed by atoms with van der Waals surface area (Å²) in [5.74, 6) is -0.904. The van der Waals surface area contributed by atoms with E-state index in [4.69, 9.17) is 0 Å². The molecule has 4 heteroatoms. The first-order valence-electron chi connectivity index (χ1n) is 3.97. The second-order valence-corrected chi connectivity index (χ2v) is 2.78. The lowest BCUT2D eigenvalue weighted by Gasteiger charge is -1.99. The van der Waals surface area contributed by atoms with Gasteiger partial charge in [0.1, 0.15) is 11.6 Å². The largest absolute Gasteiger partial charge is 0.261 e. The summed E-state index contributed by atoms with van der Waals surface area (Å²) >= 11 is 0. The average molecular weight is 192 g/mol. The van der Waals surface area contributed by atoms with Gasteiger partial charge in [0.15, 0.2) is 0 Å². The first-order valence-corrected chi connectivity index (χ1v) is 3.97. The molecule has 0 spiro atoms. The fourth-order valence-electron chi connectivity index (χ4n) is 1.14. The molecule has 2 nitrogen and oxygen atoms in total. The lowest BCUT2D eigenvalue weighted by molar-refractivity contribution is 0.619. The van der Waals surface area contributed by atoms with Crippen LogP contribution >= 0.6 is 0 Å². The number of halogens is 2. The molecule has 0 aliphatic carbocycles. The Hall–Kier alpha value is -1.84. The Bertz CT molecular complexity index is 414. The SMILES string of the molecule is Fc1cncc(-c2cncc(F)c2)c1. The van der Waals surface area contributed by atoms with Crippen molar-refractivity contribution in [1.29, 1.82) is 0 Å². The van der Waals surface area contributed by atoms with Gasteiger partial charge in [0.25, 0.3) is 0 Å². The summed E-state index contributed by atoms with van der Waals surface area (Å²) in [4.78, 5) is 7.33. The Morgan fingerprint density at radius 1 is 0.714 bits per heavy atom. The highest BCUT2D eigenvalue weighted by atomic mass is 19.1. The van der Waals surface area contributed by atoms with Crippen LogP contribution in [0.25, 0.3) is 11.1 Å². The summed E-state index contributed by atoms with van der Waals surface area (Å²) in [6.07, 6.45) is 5.10. The Labute approximate surface area is 79.3 Å². The van der Waals surface area contributed by atoms with E-state index in [1.54, 1.807) is 0 Å². The van der Waals surface area contributed by atoms with Crippen LogP contribution in [0.4, 0.5) is 8.78 Å². The van der Waals surface area contributed by atoms with Crippen LogP contribution in [-0.4, -0.2) is 9.97 Å². The molecule has 70 valence electrons. The van der Waals surface area contributed by atoms with Gasteiger partial charge >= 0.3 is 0 Å². The summed E-state index contributed by atoms with van der Waals surface area (Å²) in [7, 11) is 0. The molecule has 0 N–H and O–H groups in total. The van der Waals surface area contributed by atoms with E-state index in [0.29, 0.717) is 11.1 Å². The first-order chi connectivity index (χ1) is 6.75. The van der Waals surface area contributed by atoms with E-state index in [2.05, 4.69) is 9.97 Å². The van der Waals surface area contributed by atoms with Crippen molar-refractivity contribution in [3.05, 3.63) is 48.6 Å². The van der Waals surface area contributed by atoms with E-state index in [9.17, 15) is 8.78 Å². The number of hydrogen-bond acceptors (Lipinski definition) is 2. The predicted molar refractivity (Wildman–Crippen MR) is 47.4 cm³/mol. The minimum absolute atomic E-state index is 0.452. The normalized spacial score (nSPS) is 10.1. The highest BCUT2D eigenvalue weighted by Gasteiger charge is 2.01. The molecular formula is C10H6F2N2. The van der Waals surface area contributed by atoms with Gasteiger partial charge in [-0.05, 0) is 12.1 Å². The van der Waals surface area contributed by atoms with Crippen LogP contribution in [0.3, 0.4) is 0 Å². The molecule has 2 aromatic rings. The van der Waals surface area contributed by atoms with Crippen molar-refractivity contribution in [1.82, 2.24) is 9.97 Å². The molecule has 0 amide bonds. The molecule has 0 atom stereocenters. The van der Waals surface area contributed by atoms with Crippen LogP contribution in [0.2, 0.25) is 0 Å². The maximum atomic E-state index is 12.8. The minimum Gasteiger partial charge on any atom is -0.261 e. The van der Waals surface area contributed by atoms with Crippen LogP contribution in [0.15, 0.2) is 36.9 Å². The zero-order valence-electron chi connectivity index (χ0n) is 7.11. The summed E-state index contributed by atoms with van der Waals surface area (Å²) in [6, 6.07) is 2.56. The molecule has 2 rings (SSSR count). The lowest BCUT2D eigenvalue weighted by Crippen LogP contribution is -1.85. The molecule has 0 unspecified atom stereocenters. The topological polar surface area (TPSA) is 25.8 Å². The van der Waals surface area contributed by atoms with Gasteiger partial charge < -0.3 is 0 Å². The van der Waals surface area contributed by atoms with Gasteiger partial charge in [0.2, 0.25) is 0 Å². The fraction of sp³-hybridized carbons (Fsp3) is 0. The van der Waals surface area contributed by atoms with E-state index in [-0.39, 0.29) is 0 Å². The Balaban J connectivity index is 2.49. The maximum Gasteiger partial charge on any atom is 0.142 e. The zero-order chi connectivity index (χ0) is 9.97. The number of aromatic nitrogens is 2. The Morgan fingerprint density at radius 3 is 1.50 bits per heavy atom. The zero-order valence-corrected chi connectivity index (χ0v) is 7.11. The number of nitrogens with zero attached hydrogens (tertiary/aromatic N) is 2. The molecule has 0 radical (unpaired) electrons. The third-order valence-electron chi connectivity index (χ3n) is 1.74. The molecule has 0 aliphatic rings. The van der Waals surface area contributed by atoms with Crippen LogP contribution in [0, 0.1) is 11.6 Å². The monoisotopic (exact) mass is 192 g/mol. The van der Waals surface area contributed by atoms with Gasteiger partial charge in [0, 0.05) is 23.5 Å².